The Morgan fingerprint density at radius 3 is 2.24 bits per heavy atom. The van der Waals surface area contributed by atoms with Gasteiger partial charge in [0.15, 0.2) is 5.78 Å². The first kappa shape index (κ1) is 15.5. The Balaban J connectivity index is 2.34. The normalized spacial score (nSPS) is 11.7. The van der Waals surface area contributed by atoms with Crippen LogP contribution >= 0.6 is 11.6 Å². The number of carbonyl (C=O) groups excluding carboxylic acids is 1. The molecular formula is C18H18ClNO. The summed E-state index contributed by atoms with van der Waals surface area (Å²) in [7, 11) is 3.90. The fourth-order valence-electron chi connectivity index (χ4n) is 2.06. The maximum absolute atomic E-state index is 12.6. The third-order valence-corrected chi connectivity index (χ3v) is 3.28. The van der Waals surface area contributed by atoms with E-state index >= 15 is 0 Å². The van der Waals surface area contributed by atoms with E-state index in [2.05, 4.69) is 0 Å². The Morgan fingerprint density at radius 2 is 1.67 bits per heavy atom. The predicted molar refractivity (Wildman–Crippen MR) is 88.8 cm³/mol. The molecule has 0 N–H and O–H groups in total. The molecule has 0 bridgehead atoms. The Hall–Kier alpha value is -1.90. The van der Waals surface area contributed by atoms with Crippen LogP contribution in [0.1, 0.15) is 15.9 Å². The second kappa shape index (κ2) is 7.21. The fourth-order valence-corrected chi connectivity index (χ4v) is 2.18. The quantitative estimate of drug-likeness (QED) is 0.610. The summed E-state index contributed by atoms with van der Waals surface area (Å²) >= 11 is 5.90. The van der Waals surface area contributed by atoms with Gasteiger partial charge >= 0.3 is 0 Å². The minimum Gasteiger partial charge on any atom is -0.305 e. The second-order valence-corrected chi connectivity index (χ2v) is 5.59. The fraction of sp³-hybridized carbons (Fsp3) is 0.167. The first-order chi connectivity index (χ1) is 10.1. The number of benzene rings is 2. The summed E-state index contributed by atoms with van der Waals surface area (Å²) in [5.74, 6) is 0.0549. The van der Waals surface area contributed by atoms with E-state index in [1.807, 2.05) is 79.7 Å². The third kappa shape index (κ3) is 4.55. The number of hydrogen-bond acceptors (Lipinski definition) is 2. The Labute approximate surface area is 130 Å². The van der Waals surface area contributed by atoms with E-state index in [0.29, 0.717) is 17.1 Å². The molecule has 0 unspecified atom stereocenters. The van der Waals surface area contributed by atoms with Gasteiger partial charge in [0.2, 0.25) is 0 Å². The van der Waals surface area contributed by atoms with E-state index in [1.54, 1.807) is 0 Å². The topological polar surface area (TPSA) is 20.3 Å². The molecule has 0 amide bonds. The molecule has 0 spiro atoms. The van der Waals surface area contributed by atoms with Crippen molar-refractivity contribution < 1.29 is 4.79 Å². The molecule has 0 atom stereocenters. The van der Waals surface area contributed by atoms with E-state index in [0.717, 1.165) is 11.1 Å². The first-order valence-electron chi connectivity index (χ1n) is 6.77. The van der Waals surface area contributed by atoms with Crippen molar-refractivity contribution in [3.05, 3.63) is 76.3 Å². The van der Waals surface area contributed by atoms with E-state index in [9.17, 15) is 4.79 Å². The lowest BCUT2D eigenvalue weighted by molar-refractivity contribution is 0.102. The van der Waals surface area contributed by atoms with Crippen LogP contribution in [-0.2, 0) is 0 Å². The van der Waals surface area contributed by atoms with Gasteiger partial charge in [0, 0.05) is 22.7 Å². The molecule has 2 rings (SSSR count). The molecule has 0 heterocycles. The van der Waals surface area contributed by atoms with Crippen LogP contribution in [0.5, 0.6) is 0 Å². The monoisotopic (exact) mass is 299 g/mol. The zero-order valence-corrected chi connectivity index (χ0v) is 13.0. The van der Waals surface area contributed by atoms with Crippen LogP contribution in [0.15, 0.2) is 60.2 Å². The number of nitrogens with zero attached hydrogens (tertiary/aromatic N) is 1. The standard InChI is InChI=1S/C18H18ClNO/c1-20(2)13-16(12-14-8-10-17(19)11-9-14)18(21)15-6-4-3-5-7-15/h3-12H,13H2,1-2H3/b16-12+. The van der Waals surface area contributed by atoms with Gasteiger partial charge in [-0.2, -0.15) is 0 Å². The van der Waals surface area contributed by atoms with Gasteiger partial charge in [-0.25, -0.2) is 0 Å². The Kier molecular flexibility index (Phi) is 5.32. The van der Waals surface area contributed by atoms with Crippen molar-refractivity contribution >= 4 is 23.5 Å². The molecule has 2 aromatic carbocycles. The highest BCUT2D eigenvalue weighted by atomic mass is 35.5. The zero-order chi connectivity index (χ0) is 15.2. The van der Waals surface area contributed by atoms with Crippen LogP contribution in [0.25, 0.3) is 6.08 Å². The molecule has 0 aliphatic rings. The van der Waals surface area contributed by atoms with Crippen LogP contribution in [0.4, 0.5) is 0 Å². The van der Waals surface area contributed by atoms with Gasteiger partial charge in [-0.1, -0.05) is 54.1 Å². The summed E-state index contributed by atoms with van der Waals surface area (Å²) < 4.78 is 0. The highest BCUT2D eigenvalue weighted by Crippen LogP contribution is 2.16. The smallest absolute Gasteiger partial charge is 0.190 e. The van der Waals surface area contributed by atoms with Gasteiger partial charge in [-0.3, -0.25) is 4.79 Å². The average Bonchev–Trinajstić information content (AvgIpc) is 2.48. The summed E-state index contributed by atoms with van der Waals surface area (Å²) in [4.78, 5) is 14.6. The molecule has 0 radical (unpaired) electrons. The lowest BCUT2D eigenvalue weighted by Gasteiger charge is -2.13. The van der Waals surface area contributed by atoms with Crippen molar-refractivity contribution in [3.8, 4) is 0 Å². The molecule has 0 fully saturated rings. The van der Waals surface area contributed by atoms with Gasteiger partial charge in [0.25, 0.3) is 0 Å². The van der Waals surface area contributed by atoms with Gasteiger partial charge in [0.05, 0.1) is 0 Å². The number of rotatable bonds is 5. The SMILES string of the molecule is CN(C)C/C(=C\c1ccc(Cl)cc1)C(=O)c1ccccc1. The van der Waals surface area contributed by atoms with Crippen molar-refractivity contribution in [2.24, 2.45) is 0 Å². The summed E-state index contributed by atoms with van der Waals surface area (Å²) in [5, 5.41) is 0.690. The molecular weight excluding hydrogens is 282 g/mol. The van der Waals surface area contributed by atoms with Crippen LogP contribution < -0.4 is 0 Å². The lowest BCUT2D eigenvalue weighted by Crippen LogP contribution is -2.20. The van der Waals surface area contributed by atoms with Crippen molar-refractivity contribution in [1.82, 2.24) is 4.90 Å². The third-order valence-electron chi connectivity index (χ3n) is 3.03. The summed E-state index contributed by atoms with van der Waals surface area (Å²) in [6.45, 7) is 0.594. The van der Waals surface area contributed by atoms with Crippen molar-refractivity contribution in [1.29, 1.82) is 0 Å². The lowest BCUT2D eigenvalue weighted by atomic mass is 10.0. The first-order valence-corrected chi connectivity index (χ1v) is 7.14. The molecule has 0 aliphatic heterocycles. The zero-order valence-electron chi connectivity index (χ0n) is 12.2. The van der Waals surface area contributed by atoms with Crippen molar-refractivity contribution in [3.63, 3.8) is 0 Å². The second-order valence-electron chi connectivity index (χ2n) is 5.15. The highest BCUT2D eigenvalue weighted by Gasteiger charge is 2.12. The van der Waals surface area contributed by atoms with Gasteiger partial charge in [-0.05, 0) is 37.9 Å². The summed E-state index contributed by atoms with van der Waals surface area (Å²) in [5.41, 5.74) is 2.44. The molecule has 0 aromatic heterocycles. The van der Waals surface area contributed by atoms with Gasteiger partial charge in [-0.15, -0.1) is 0 Å². The van der Waals surface area contributed by atoms with E-state index < -0.39 is 0 Å². The number of likely N-dealkylation sites (N-methyl/N-ethyl adjacent to an activating group) is 1. The molecule has 2 aromatic rings. The summed E-state index contributed by atoms with van der Waals surface area (Å²) in [6, 6.07) is 16.8. The minimum atomic E-state index is 0.0549. The van der Waals surface area contributed by atoms with Crippen molar-refractivity contribution in [2.75, 3.05) is 20.6 Å². The van der Waals surface area contributed by atoms with Gasteiger partial charge in [0.1, 0.15) is 0 Å². The van der Waals surface area contributed by atoms with Crippen LogP contribution in [0, 0.1) is 0 Å². The molecule has 2 nitrogen and oxygen atoms in total. The maximum Gasteiger partial charge on any atom is 0.190 e. The molecule has 0 saturated heterocycles. The van der Waals surface area contributed by atoms with Crippen LogP contribution in [0.2, 0.25) is 5.02 Å². The Morgan fingerprint density at radius 1 is 1.05 bits per heavy atom. The largest absolute Gasteiger partial charge is 0.305 e. The van der Waals surface area contributed by atoms with Crippen LogP contribution in [0.3, 0.4) is 0 Å². The number of carbonyl (C=O) groups is 1. The van der Waals surface area contributed by atoms with Crippen LogP contribution in [-0.4, -0.2) is 31.3 Å². The predicted octanol–water partition coefficient (Wildman–Crippen LogP) is 4.17. The van der Waals surface area contributed by atoms with Crippen molar-refractivity contribution in [2.45, 2.75) is 0 Å². The molecule has 21 heavy (non-hydrogen) atoms. The minimum absolute atomic E-state index is 0.0549. The molecule has 0 saturated carbocycles. The Bertz CT molecular complexity index is 630. The van der Waals surface area contributed by atoms with E-state index in [4.69, 9.17) is 11.6 Å². The molecule has 108 valence electrons. The highest BCUT2D eigenvalue weighted by molar-refractivity contribution is 6.30. The van der Waals surface area contributed by atoms with Gasteiger partial charge < -0.3 is 4.90 Å². The average molecular weight is 300 g/mol. The van der Waals surface area contributed by atoms with E-state index in [1.165, 1.54) is 0 Å². The molecule has 0 aliphatic carbocycles. The number of ketones is 1. The molecule has 3 heteroatoms. The maximum atomic E-state index is 12.6. The number of Topliss-reactive ketones (excluding diaryl/α,β-unsaturated/α-hetero) is 1. The van der Waals surface area contributed by atoms with E-state index in [-0.39, 0.29) is 5.78 Å². The number of hydrogen-bond donors (Lipinski definition) is 0. The number of halogens is 1. The summed E-state index contributed by atoms with van der Waals surface area (Å²) in [6.07, 6.45) is 1.92.